The van der Waals surface area contributed by atoms with Gasteiger partial charge in [0.05, 0.1) is 6.17 Å². The molecule has 0 unspecified atom stereocenters. The fourth-order valence-corrected chi connectivity index (χ4v) is 2.68. The molecule has 1 heterocycles. The molecule has 16 heavy (non-hydrogen) atoms. The highest BCUT2D eigenvalue weighted by atomic mass is 15.1. The Morgan fingerprint density at radius 2 is 1.44 bits per heavy atom. The second-order valence-corrected chi connectivity index (χ2v) is 5.80. The highest BCUT2D eigenvalue weighted by Gasteiger charge is 2.17. The highest BCUT2D eigenvalue weighted by Crippen LogP contribution is 2.28. The molecule has 1 aliphatic carbocycles. The van der Waals surface area contributed by atoms with E-state index in [2.05, 4.69) is 36.6 Å². The molecule has 2 fully saturated rings. The Morgan fingerprint density at radius 3 is 2.06 bits per heavy atom. The van der Waals surface area contributed by atoms with Gasteiger partial charge in [-0.3, -0.25) is 10.6 Å². The summed E-state index contributed by atoms with van der Waals surface area (Å²) in [4.78, 5) is 0. The lowest BCUT2D eigenvalue weighted by Gasteiger charge is -2.28. The molecule has 92 valence electrons. The number of rotatable bonds is 2. The van der Waals surface area contributed by atoms with E-state index in [9.17, 15) is 0 Å². The maximum absolute atomic E-state index is 3.52. The van der Waals surface area contributed by atoms with Crippen molar-refractivity contribution in [1.29, 1.82) is 0 Å². The topological polar surface area (TPSA) is 24.1 Å². The van der Waals surface area contributed by atoms with Gasteiger partial charge in [-0.2, -0.15) is 0 Å². The van der Waals surface area contributed by atoms with Crippen molar-refractivity contribution < 1.29 is 0 Å². The Bertz CT molecular complexity index is 197. The number of nitrogens with one attached hydrogen (secondary N) is 2. The zero-order valence-corrected chi connectivity index (χ0v) is 10.7. The smallest absolute Gasteiger partial charge is 0.0764 e. The molecular weight excluding hydrogens is 196 g/mol. The van der Waals surface area contributed by atoms with Crippen LogP contribution in [0.25, 0.3) is 0 Å². The Balaban J connectivity index is 1.72. The molecule has 0 spiro atoms. The van der Waals surface area contributed by atoms with Crippen molar-refractivity contribution in [2.24, 2.45) is 17.8 Å². The average Bonchev–Trinajstić information content (AvgIpc) is 2.30. The van der Waals surface area contributed by atoms with E-state index in [0.29, 0.717) is 6.17 Å². The molecule has 1 saturated heterocycles. The van der Waals surface area contributed by atoms with Gasteiger partial charge in [0.2, 0.25) is 0 Å². The summed E-state index contributed by atoms with van der Waals surface area (Å²) in [5, 5.41) is 7.04. The first kappa shape index (κ1) is 12.1. The van der Waals surface area contributed by atoms with Crippen molar-refractivity contribution >= 4 is 0 Å². The fraction of sp³-hybridized carbons (Fsp3) is 0.857. The van der Waals surface area contributed by atoms with Crippen LogP contribution in [0.1, 0.15) is 39.5 Å². The largest absolute Gasteiger partial charge is 0.298 e. The molecule has 0 aromatic carbocycles. The predicted molar refractivity (Wildman–Crippen MR) is 69.2 cm³/mol. The Kier molecular flexibility index (Phi) is 4.42. The average molecular weight is 222 g/mol. The Labute approximate surface area is 99.9 Å². The van der Waals surface area contributed by atoms with Crippen LogP contribution < -0.4 is 10.6 Å². The van der Waals surface area contributed by atoms with E-state index in [1.54, 1.807) is 0 Å². The summed E-state index contributed by atoms with van der Waals surface area (Å²) in [7, 11) is 0. The van der Waals surface area contributed by atoms with Crippen LogP contribution in [0.4, 0.5) is 0 Å². The van der Waals surface area contributed by atoms with E-state index in [1.165, 1.54) is 25.7 Å². The molecule has 2 nitrogen and oxygen atoms in total. The zero-order valence-electron chi connectivity index (χ0n) is 10.7. The van der Waals surface area contributed by atoms with Crippen molar-refractivity contribution in [2.45, 2.75) is 45.7 Å². The summed E-state index contributed by atoms with van der Waals surface area (Å²) >= 11 is 0. The summed E-state index contributed by atoms with van der Waals surface area (Å²) < 4.78 is 0. The molecule has 2 aliphatic rings. The third-order valence-electron chi connectivity index (χ3n) is 4.01. The van der Waals surface area contributed by atoms with Crippen molar-refractivity contribution in [3.63, 3.8) is 0 Å². The van der Waals surface area contributed by atoms with E-state index in [0.717, 1.165) is 30.8 Å². The van der Waals surface area contributed by atoms with Crippen LogP contribution in [0.5, 0.6) is 0 Å². The normalized spacial score (nSPS) is 41.4. The van der Waals surface area contributed by atoms with Gasteiger partial charge in [-0.1, -0.05) is 38.8 Å². The molecular formula is C14H26N2. The first-order valence-corrected chi connectivity index (χ1v) is 6.89. The number of hydrogen-bond acceptors (Lipinski definition) is 2. The van der Waals surface area contributed by atoms with E-state index in [4.69, 9.17) is 0 Å². The molecule has 1 saturated carbocycles. The lowest BCUT2D eigenvalue weighted by molar-refractivity contribution is 0.324. The van der Waals surface area contributed by atoms with Gasteiger partial charge >= 0.3 is 0 Å². The van der Waals surface area contributed by atoms with Crippen molar-refractivity contribution in [3.8, 4) is 0 Å². The Morgan fingerprint density at radius 1 is 0.812 bits per heavy atom. The molecule has 0 amide bonds. The van der Waals surface area contributed by atoms with Crippen LogP contribution in [-0.2, 0) is 0 Å². The summed E-state index contributed by atoms with van der Waals surface area (Å²) in [5.41, 5.74) is 0. The molecule has 0 bridgehead atoms. The molecule has 0 radical (unpaired) electrons. The van der Waals surface area contributed by atoms with Gasteiger partial charge in [0, 0.05) is 13.1 Å². The van der Waals surface area contributed by atoms with Gasteiger partial charge in [0.15, 0.2) is 0 Å². The zero-order chi connectivity index (χ0) is 11.4. The molecule has 2 heteroatoms. The lowest BCUT2D eigenvalue weighted by Crippen LogP contribution is -2.50. The second-order valence-electron chi connectivity index (χ2n) is 5.80. The number of hydrogen-bond donors (Lipinski definition) is 2. The quantitative estimate of drug-likeness (QED) is 0.702. The van der Waals surface area contributed by atoms with Crippen LogP contribution in [0.2, 0.25) is 0 Å². The van der Waals surface area contributed by atoms with E-state index in [1.807, 2.05) is 0 Å². The van der Waals surface area contributed by atoms with Crippen LogP contribution in [0.3, 0.4) is 0 Å². The van der Waals surface area contributed by atoms with Crippen molar-refractivity contribution in [1.82, 2.24) is 10.6 Å². The van der Waals surface area contributed by atoms with Crippen molar-refractivity contribution in [3.05, 3.63) is 12.2 Å². The first-order valence-electron chi connectivity index (χ1n) is 6.89. The standard InChI is InChI=1S/C14H26N2/c1-11-3-5-13(6-4-11)7-8-14-15-9-12(2)10-16-14/h7-8,11-16H,3-6,9-10H2,1-2H3. The van der Waals surface area contributed by atoms with Crippen LogP contribution in [0, 0.1) is 17.8 Å². The van der Waals surface area contributed by atoms with Gasteiger partial charge in [0.25, 0.3) is 0 Å². The molecule has 2 rings (SSSR count). The van der Waals surface area contributed by atoms with E-state index in [-0.39, 0.29) is 0 Å². The maximum atomic E-state index is 3.52. The van der Waals surface area contributed by atoms with Gasteiger partial charge in [-0.25, -0.2) is 0 Å². The monoisotopic (exact) mass is 222 g/mol. The van der Waals surface area contributed by atoms with Gasteiger partial charge < -0.3 is 0 Å². The molecule has 0 aromatic rings. The minimum absolute atomic E-state index is 0.413. The molecule has 0 atom stereocenters. The van der Waals surface area contributed by atoms with E-state index < -0.39 is 0 Å². The van der Waals surface area contributed by atoms with Crippen molar-refractivity contribution in [2.75, 3.05) is 13.1 Å². The molecule has 1 aliphatic heterocycles. The summed E-state index contributed by atoms with van der Waals surface area (Å²) in [6.45, 7) is 6.95. The Hall–Kier alpha value is -0.340. The van der Waals surface area contributed by atoms with E-state index >= 15 is 0 Å². The lowest BCUT2D eigenvalue weighted by atomic mass is 9.83. The highest BCUT2D eigenvalue weighted by molar-refractivity contribution is 4.98. The third kappa shape index (κ3) is 3.60. The maximum Gasteiger partial charge on any atom is 0.0764 e. The summed E-state index contributed by atoms with van der Waals surface area (Å²) in [6, 6.07) is 0. The summed E-state index contributed by atoms with van der Waals surface area (Å²) in [5.74, 6) is 2.55. The minimum Gasteiger partial charge on any atom is -0.298 e. The van der Waals surface area contributed by atoms with Crippen LogP contribution in [0.15, 0.2) is 12.2 Å². The second kappa shape index (κ2) is 5.83. The first-order chi connectivity index (χ1) is 7.74. The summed E-state index contributed by atoms with van der Waals surface area (Å²) in [6.07, 6.45) is 10.8. The number of allylic oxidation sites excluding steroid dienone is 1. The van der Waals surface area contributed by atoms with Gasteiger partial charge in [0.1, 0.15) is 0 Å². The minimum atomic E-state index is 0.413. The molecule has 2 N–H and O–H groups in total. The van der Waals surface area contributed by atoms with Gasteiger partial charge in [-0.15, -0.1) is 0 Å². The third-order valence-corrected chi connectivity index (χ3v) is 4.01. The fourth-order valence-electron chi connectivity index (χ4n) is 2.68. The van der Waals surface area contributed by atoms with Crippen LogP contribution >= 0.6 is 0 Å². The SMILES string of the molecule is CC1CCC(C=CC2NCC(C)CN2)CC1. The molecule has 0 aromatic heterocycles. The van der Waals surface area contributed by atoms with Gasteiger partial charge in [-0.05, 0) is 30.6 Å². The van der Waals surface area contributed by atoms with Crippen LogP contribution in [-0.4, -0.2) is 19.3 Å². The predicted octanol–water partition coefficient (Wildman–Crippen LogP) is 2.52.